The van der Waals surface area contributed by atoms with E-state index in [1.165, 1.54) is 5.56 Å². The number of rotatable bonds is 3. The molecule has 16 heavy (non-hydrogen) atoms. The van der Waals surface area contributed by atoms with Crippen LogP contribution in [0.4, 0.5) is 8.78 Å². The predicted molar refractivity (Wildman–Crippen MR) is 56.9 cm³/mol. The molecule has 1 N–H and O–H groups in total. The van der Waals surface area contributed by atoms with Gasteiger partial charge in [0, 0.05) is 4.90 Å². The molecule has 2 nitrogen and oxygen atoms in total. The van der Waals surface area contributed by atoms with Crippen LogP contribution in [0.25, 0.3) is 0 Å². The molecule has 1 aliphatic carbocycles. The number of thioether (sulfide) groups is 1. The molecule has 0 bridgehead atoms. The molecule has 1 aliphatic rings. The van der Waals surface area contributed by atoms with Crippen molar-refractivity contribution in [1.29, 1.82) is 0 Å². The number of carboxylic acid groups (broad SMARTS) is 1. The van der Waals surface area contributed by atoms with Gasteiger partial charge in [-0.15, -0.1) is 0 Å². The number of hydrogen-bond donors (Lipinski definition) is 1. The van der Waals surface area contributed by atoms with Gasteiger partial charge >= 0.3 is 11.2 Å². The lowest BCUT2D eigenvalue weighted by atomic mass is 10.1. The largest absolute Gasteiger partial charge is 0.476 e. The molecule has 0 aliphatic heterocycles. The van der Waals surface area contributed by atoms with Gasteiger partial charge in [0.1, 0.15) is 0 Å². The standard InChI is InChI=1S/C11H10F2O2S/c12-11(13,10(14)15)16-9-5-4-7-2-1-3-8(7)6-9/h4-6H,1-3H2,(H,14,15). The Hall–Kier alpha value is -1.10. The van der Waals surface area contributed by atoms with Crippen molar-refractivity contribution < 1.29 is 18.7 Å². The summed E-state index contributed by atoms with van der Waals surface area (Å²) in [7, 11) is 0. The first kappa shape index (κ1) is 11.4. The number of hydrogen-bond acceptors (Lipinski definition) is 2. The van der Waals surface area contributed by atoms with Gasteiger partial charge < -0.3 is 5.11 Å². The molecule has 0 radical (unpaired) electrons. The fraction of sp³-hybridized carbons (Fsp3) is 0.364. The Morgan fingerprint density at radius 3 is 2.69 bits per heavy atom. The van der Waals surface area contributed by atoms with Gasteiger partial charge in [0.2, 0.25) is 0 Å². The van der Waals surface area contributed by atoms with Gasteiger partial charge in [-0.1, -0.05) is 6.07 Å². The van der Waals surface area contributed by atoms with Gasteiger partial charge in [-0.2, -0.15) is 8.78 Å². The van der Waals surface area contributed by atoms with Crippen LogP contribution in [0.15, 0.2) is 23.1 Å². The van der Waals surface area contributed by atoms with Crippen molar-refractivity contribution >= 4 is 17.7 Å². The predicted octanol–water partition coefficient (Wildman–Crippen LogP) is 2.94. The summed E-state index contributed by atoms with van der Waals surface area (Å²) in [5.41, 5.74) is 2.24. The second kappa shape index (κ2) is 4.05. The lowest BCUT2D eigenvalue weighted by Gasteiger charge is -2.11. The van der Waals surface area contributed by atoms with Crippen molar-refractivity contribution in [2.75, 3.05) is 0 Å². The lowest BCUT2D eigenvalue weighted by molar-refractivity contribution is -0.152. The SMILES string of the molecule is O=C(O)C(F)(F)Sc1ccc2c(c1)CCC2. The number of fused-ring (bicyclic) bond motifs is 1. The molecular weight excluding hydrogens is 234 g/mol. The second-order valence-corrected chi connectivity index (χ2v) is 4.90. The Kier molecular flexibility index (Phi) is 2.88. The zero-order valence-corrected chi connectivity index (χ0v) is 9.19. The van der Waals surface area contributed by atoms with Gasteiger partial charge in [-0.25, -0.2) is 4.79 Å². The van der Waals surface area contributed by atoms with E-state index in [0.29, 0.717) is 4.90 Å². The van der Waals surface area contributed by atoms with Gasteiger partial charge in [-0.05, 0) is 54.3 Å². The molecule has 0 amide bonds. The normalized spacial score (nSPS) is 14.9. The van der Waals surface area contributed by atoms with E-state index in [4.69, 9.17) is 5.11 Å². The summed E-state index contributed by atoms with van der Waals surface area (Å²) in [6, 6.07) is 5.04. The number of aliphatic carboxylic acids is 1. The maximum absolute atomic E-state index is 12.9. The van der Waals surface area contributed by atoms with Crippen molar-refractivity contribution in [3.05, 3.63) is 29.3 Å². The summed E-state index contributed by atoms with van der Waals surface area (Å²) in [4.78, 5) is 10.6. The number of alkyl halides is 2. The molecule has 0 unspecified atom stereocenters. The minimum absolute atomic E-state index is 0.0871. The van der Waals surface area contributed by atoms with Crippen LogP contribution in [-0.2, 0) is 17.6 Å². The molecule has 1 aromatic rings. The van der Waals surface area contributed by atoms with Crippen molar-refractivity contribution in [2.24, 2.45) is 0 Å². The fourth-order valence-corrected chi connectivity index (χ4v) is 2.52. The van der Waals surface area contributed by atoms with E-state index in [2.05, 4.69) is 0 Å². The third-order valence-electron chi connectivity index (χ3n) is 2.56. The molecule has 0 saturated carbocycles. The molecule has 0 heterocycles. The molecule has 5 heteroatoms. The Morgan fingerprint density at radius 1 is 1.31 bits per heavy atom. The van der Waals surface area contributed by atoms with Gasteiger partial charge in [0.15, 0.2) is 0 Å². The second-order valence-electron chi connectivity index (χ2n) is 3.71. The first-order valence-corrected chi connectivity index (χ1v) is 5.73. The molecule has 2 rings (SSSR count). The van der Waals surface area contributed by atoms with Crippen LogP contribution >= 0.6 is 11.8 Å². The summed E-state index contributed by atoms with van der Waals surface area (Å²) in [5, 5.41) is 4.57. The maximum atomic E-state index is 12.9. The van der Waals surface area contributed by atoms with E-state index >= 15 is 0 Å². The number of benzene rings is 1. The minimum Gasteiger partial charge on any atom is -0.476 e. The molecule has 0 atom stereocenters. The average Bonchev–Trinajstić information content (AvgIpc) is 2.63. The molecule has 0 aromatic heterocycles. The van der Waals surface area contributed by atoms with E-state index in [1.54, 1.807) is 12.1 Å². The van der Waals surface area contributed by atoms with Gasteiger partial charge in [0.25, 0.3) is 0 Å². The highest BCUT2D eigenvalue weighted by atomic mass is 32.2. The number of aryl methyl sites for hydroxylation is 2. The van der Waals surface area contributed by atoms with Crippen LogP contribution in [-0.4, -0.2) is 16.3 Å². The smallest absolute Gasteiger partial charge is 0.393 e. The highest BCUT2D eigenvalue weighted by Gasteiger charge is 2.40. The summed E-state index contributed by atoms with van der Waals surface area (Å²) >= 11 is 0.0871. The topological polar surface area (TPSA) is 37.3 Å². The molecule has 86 valence electrons. The van der Waals surface area contributed by atoms with Crippen LogP contribution < -0.4 is 0 Å². The number of halogens is 2. The first-order chi connectivity index (χ1) is 7.49. The zero-order valence-electron chi connectivity index (χ0n) is 8.37. The van der Waals surface area contributed by atoms with Crippen molar-refractivity contribution in [1.82, 2.24) is 0 Å². The van der Waals surface area contributed by atoms with Crippen LogP contribution in [0.2, 0.25) is 0 Å². The third-order valence-corrected chi connectivity index (χ3v) is 3.49. The lowest BCUT2D eigenvalue weighted by Crippen LogP contribution is -2.23. The minimum atomic E-state index is -3.76. The molecule has 0 saturated heterocycles. The average molecular weight is 244 g/mol. The number of carbonyl (C=O) groups is 1. The Balaban J connectivity index is 2.20. The molecule has 0 fully saturated rings. The quantitative estimate of drug-likeness (QED) is 0.831. The molecular formula is C11H10F2O2S. The Morgan fingerprint density at radius 2 is 2.00 bits per heavy atom. The summed E-state index contributed by atoms with van der Waals surface area (Å²) < 4.78 is 25.9. The van der Waals surface area contributed by atoms with E-state index in [0.717, 1.165) is 24.8 Å². The van der Waals surface area contributed by atoms with Gasteiger partial charge in [-0.3, -0.25) is 0 Å². The molecule has 1 aromatic carbocycles. The zero-order chi connectivity index (χ0) is 11.8. The third kappa shape index (κ3) is 2.19. The summed E-state index contributed by atoms with van der Waals surface area (Å²) in [5.74, 6) is -2.10. The van der Waals surface area contributed by atoms with E-state index in [-0.39, 0.29) is 11.8 Å². The Labute approximate surface area is 95.7 Å². The highest BCUT2D eigenvalue weighted by Crippen LogP contribution is 2.37. The maximum Gasteiger partial charge on any atom is 0.393 e. The summed E-state index contributed by atoms with van der Waals surface area (Å²) in [6.07, 6.45) is 2.91. The van der Waals surface area contributed by atoms with Crippen molar-refractivity contribution in [3.8, 4) is 0 Å². The Bertz CT molecular complexity index is 432. The van der Waals surface area contributed by atoms with E-state index < -0.39 is 11.2 Å². The van der Waals surface area contributed by atoms with Crippen LogP contribution in [0.3, 0.4) is 0 Å². The fourth-order valence-electron chi connectivity index (χ4n) is 1.80. The van der Waals surface area contributed by atoms with Crippen LogP contribution in [0, 0.1) is 0 Å². The highest BCUT2D eigenvalue weighted by molar-refractivity contribution is 8.01. The number of carboxylic acids is 1. The monoisotopic (exact) mass is 244 g/mol. The summed E-state index contributed by atoms with van der Waals surface area (Å²) in [6.45, 7) is 0. The van der Waals surface area contributed by atoms with E-state index in [9.17, 15) is 13.6 Å². The van der Waals surface area contributed by atoms with Crippen LogP contribution in [0.1, 0.15) is 17.5 Å². The first-order valence-electron chi connectivity index (χ1n) is 4.91. The van der Waals surface area contributed by atoms with Crippen molar-refractivity contribution in [3.63, 3.8) is 0 Å². The van der Waals surface area contributed by atoms with Crippen LogP contribution in [0.5, 0.6) is 0 Å². The van der Waals surface area contributed by atoms with E-state index in [1.807, 2.05) is 6.07 Å². The molecule has 0 spiro atoms. The van der Waals surface area contributed by atoms with Crippen molar-refractivity contribution in [2.45, 2.75) is 29.4 Å². The van der Waals surface area contributed by atoms with Gasteiger partial charge in [0.05, 0.1) is 0 Å².